The largest absolute Gasteiger partial charge is 1.00 e. The molecule has 1 aromatic heterocycles. The second-order valence-corrected chi connectivity index (χ2v) is 5.34. The Morgan fingerprint density at radius 1 is 0.952 bits per heavy atom. The zero-order valence-corrected chi connectivity index (χ0v) is 14.8. The molecule has 0 aliphatic rings. The summed E-state index contributed by atoms with van der Waals surface area (Å²) in [6.45, 7) is 0. The lowest BCUT2D eigenvalue weighted by atomic mass is 10.2. The van der Waals surface area contributed by atoms with Crippen LogP contribution in [-0.2, 0) is 7.05 Å². The molecule has 108 valence electrons. The van der Waals surface area contributed by atoms with Crippen LogP contribution in [-0.4, -0.2) is 7.05 Å². The summed E-state index contributed by atoms with van der Waals surface area (Å²) < 4.78 is 2.14. The van der Waals surface area contributed by atoms with Crippen molar-refractivity contribution in [3.05, 3.63) is 65.8 Å². The van der Waals surface area contributed by atoms with Crippen LogP contribution in [0.5, 0.6) is 0 Å². The fourth-order valence-corrected chi connectivity index (χ4v) is 2.60. The van der Waals surface area contributed by atoms with E-state index in [1.165, 1.54) is 10.9 Å². The number of aryl methyl sites for hydroxylation is 1. The van der Waals surface area contributed by atoms with Gasteiger partial charge in [0.05, 0.1) is 0 Å². The number of nitrogens with zero attached hydrogens (tertiary/aromatic N) is 2. The Labute approximate surface area is 147 Å². The van der Waals surface area contributed by atoms with Crippen LogP contribution in [0.1, 0.15) is 0 Å². The van der Waals surface area contributed by atoms with Crippen molar-refractivity contribution in [1.29, 1.82) is 0 Å². The molecule has 0 unspecified atom stereocenters. The van der Waals surface area contributed by atoms with Crippen LogP contribution < -0.4 is 33.4 Å². The van der Waals surface area contributed by atoms with Crippen molar-refractivity contribution in [2.75, 3.05) is 11.9 Å². The SMILES string of the molecule is CN(c1cccc(Cl)c1)c1cc2ccccc2[n+](C)c1.[I-]. The van der Waals surface area contributed by atoms with Crippen molar-refractivity contribution >= 4 is 33.9 Å². The molecule has 3 rings (SSSR count). The quantitative estimate of drug-likeness (QED) is 0.453. The first-order chi connectivity index (χ1) is 9.65. The molecule has 0 atom stereocenters. The Hall–Kier alpha value is -1.33. The smallest absolute Gasteiger partial charge is 0.212 e. The normalized spacial score (nSPS) is 10.2. The summed E-state index contributed by atoms with van der Waals surface area (Å²) in [6, 6.07) is 18.4. The summed E-state index contributed by atoms with van der Waals surface area (Å²) in [5.41, 5.74) is 3.43. The summed E-state index contributed by atoms with van der Waals surface area (Å²) in [5.74, 6) is 0. The number of benzene rings is 2. The van der Waals surface area contributed by atoms with Crippen molar-refractivity contribution in [2.45, 2.75) is 0 Å². The van der Waals surface area contributed by atoms with Crippen LogP contribution >= 0.6 is 11.6 Å². The lowest BCUT2D eigenvalue weighted by Gasteiger charge is -2.18. The predicted molar refractivity (Wildman–Crippen MR) is 84.6 cm³/mol. The minimum Gasteiger partial charge on any atom is -1.00 e. The van der Waals surface area contributed by atoms with Gasteiger partial charge in [-0.05, 0) is 30.3 Å². The van der Waals surface area contributed by atoms with E-state index in [-0.39, 0.29) is 24.0 Å². The molecular formula is C17H16ClIN2. The number of halogens is 2. The average molecular weight is 411 g/mol. The molecule has 3 aromatic rings. The van der Waals surface area contributed by atoms with Crippen LogP contribution in [0.15, 0.2) is 60.8 Å². The van der Waals surface area contributed by atoms with Gasteiger partial charge in [0.15, 0.2) is 6.20 Å². The van der Waals surface area contributed by atoms with Gasteiger partial charge in [0.2, 0.25) is 5.52 Å². The highest BCUT2D eigenvalue weighted by Gasteiger charge is 2.11. The van der Waals surface area contributed by atoms with E-state index >= 15 is 0 Å². The van der Waals surface area contributed by atoms with E-state index in [1.807, 2.05) is 18.2 Å². The zero-order chi connectivity index (χ0) is 14.1. The molecule has 0 spiro atoms. The monoisotopic (exact) mass is 410 g/mol. The lowest BCUT2D eigenvalue weighted by molar-refractivity contribution is -0.644. The summed E-state index contributed by atoms with van der Waals surface area (Å²) in [4.78, 5) is 2.14. The second kappa shape index (κ2) is 6.62. The van der Waals surface area contributed by atoms with Gasteiger partial charge in [-0.1, -0.05) is 29.8 Å². The molecule has 4 heteroatoms. The molecule has 0 fully saturated rings. The van der Waals surface area contributed by atoms with Crippen molar-refractivity contribution in [2.24, 2.45) is 7.05 Å². The fraction of sp³-hybridized carbons (Fsp3) is 0.118. The van der Waals surface area contributed by atoms with Gasteiger partial charge < -0.3 is 28.9 Å². The second-order valence-electron chi connectivity index (χ2n) is 4.91. The van der Waals surface area contributed by atoms with E-state index in [0.29, 0.717) is 0 Å². The topological polar surface area (TPSA) is 7.12 Å². The van der Waals surface area contributed by atoms with E-state index in [2.05, 4.69) is 66.2 Å². The van der Waals surface area contributed by atoms with Gasteiger partial charge in [-0.15, -0.1) is 0 Å². The van der Waals surface area contributed by atoms with Gasteiger partial charge in [0.25, 0.3) is 0 Å². The van der Waals surface area contributed by atoms with E-state index in [9.17, 15) is 0 Å². The Bertz CT molecular complexity index is 774. The highest BCUT2D eigenvalue weighted by molar-refractivity contribution is 6.30. The lowest BCUT2D eigenvalue weighted by Crippen LogP contribution is -3.00. The third-order valence-corrected chi connectivity index (χ3v) is 3.76. The van der Waals surface area contributed by atoms with Gasteiger partial charge in [0, 0.05) is 29.2 Å². The van der Waals surface area contributed by atoms with Crippen LogP contribution in [0.25, 0.3) is 10.9 Å². The number of fused-ring (bicyclic) bond motifs is 1. The summed E-state index contributed by atoms with van der Waals surface area (Å²) in [5, 5.41) is 1.97. The number of para-hydroxylation sites is 1. The molecule has 0 saturated heterocycles. The molecule has 0 aliphatic heterocycles. The van der Waals surface area contributed by atoms with Gasteiger partial charge in [0.1, 0.15) is 12.7 Å². The number of pyridine rings is 1. The van der Waals surface area contributed by atoms with Crippen LogP contribution in [0.2, 0.25) is 5.02 Å². The zero-order valence-electron chi connectivity index (χ0n) is 11.9. The summed E-state index contributed by atoms with van der Waals surface area (Å²) in [6.07, 6.45) is 2.13. The Balaban J connectivity index is 0.00000161. The first-order valence-corrected chi connectivity index (χ1v) is 6.91. The van der Waals surface area contributed by atoms with E-state index in [1.54, 1.807) is 0 Å². The van der Waals surface area contributed by atoms with Gasteiger partial charge in [-0.25, -0.2) is 0 Å². The van der Waals surface area contributed by atoms with E-state index in [0.717, 1.165) is 16.4 Å². The molecule has 0 bridgehead atoms. The highest BCUT2D eigenvalue weighted by atomic mass is 127. The van der Waals surface area contributed by atoms with Crippen molar-refractivity contribution in [3.63, 3.8) is 0 Å². The molecule has 2 aromatic carbocycles. The number of hydrogen-bond acceptors (Lipinski definition) is 1. The molecule has 0 saturated carbocycles. The molecule has 0 N–H and O–H groups in total. The Morgan fingerprint density at radius 3 is 2.48 bits per heavy atom. The van der Waals surface area contributed by atoms with Crippen molar-refractivity contribution < 1.29 is 28.5 Å². The molecule has 2 nitrogen and oxygen atoms in total. The van der Waals surface area contributed by atoms with E-state index < -0.39 is 0 Å². The minimum atomic E-state index is 0. The standard InChI is InChI=1S/C17H16ClN2.HI/c1-19-12-16(10-13-6-3-4-9-17(13)19)20(2)15-8-5-7-14(18)11-15;/h3-12H,1-2H3;1H/q+1;/p-1. The third kappa shape index (κ3) is 3.30. The number of rotatable bonds is 2. The molecular weight excluding hydrogens is 395 g/mol. The minimum absolute atomic E-state index is 0. The first kappa shape index (κ1) is 16.0. The summed E-state index contributed by atoms with van der Waals surface area (Å²) in [7, 11) is 4.12. The maximum Gasteiger partial charge on any atom is 0.212 e. The Morgan fingerprint density at radius 2 is 1.71 bits per heavy atom. The van der Waals surface area contributed by atoms with Crippen LogP contribution in [0, 0.1) is 0 Å². The Kier molecular flexibility index (Phi) is 5.06. The highest BCUT2D eigenvalue weighted by Crippen LogP contribution is 2.26. The van der Waals surface area contributed by atoms with Crippen molar-refractivity contribution in [1.82, 2.24) is 0 Å². The maximum atomic E-state index is 6.07. The number of aromatic nitrogens is 1. The average Bonchev–Trinajstić information content (AvgIpc) is 2.46. The van der Waals surface area contributed by atoms with Crippen LogP contribution in [0.4, 0.5) is 11.4 Å². The molecule has 0 radical (unpaired) electrons. The van der Waals surface area contributed by atoms with Gasteiger partial charge in [-0.2, -0.15) is 4.57 Å². The van der Waals surface area contributed by atoms with Crippen molar-refractivity contribution in [3.8, 4) is 0 Å². The first-order valence-electron chi connectivity index (χ1n) is 6.53. The van der Waals surface area contributed by atoms with Gasteiger partial charge in [-0.3, -0.25) is 0 Å². The number of hydrogen-bond donors (Lipinski definition) is 0. The molecule has 0 aliphatic carbocycles. The summed E-state index contributed by atoms with van der Waals surface area (Å²) >= 11 is 6.07. The van der Waals surface area contributed by atoms with Crippen LogP contribution in [0.3, 0.4) is 0 Å². The fourth-order valence-electron chi connectivity index (χ4n) is 2.41. The molecule has 0 amide bonds. The third-order valence-electron chi connectivity index (χ3n) is 3.53. The van der Waals surface area contributed by atoms with Gasteiger partial charge >= 0.3 is 0 Å². The molecule has 1 heterocycles. The number of anilines is 2. The van der Waals surface area contributed by atoms with E-state index in [4.69, 9.17) is 11.6 Å². The predicted octanol–water partition coefficient (Wildman–Crippen LogP) is 1.09. The maximum absolute atomic E-state index is 6.07. The molecule has 21 heavy (non-hydrogen) atoms.